The number of amides is 1. The molecule has 0 fully saturated rings. The van der Waals surface area contributed by atoms with Crippen LogP contribution in [0.15, 0.2) is 59.4 Å². The Hall–Kier alpha value is -2.99. The summed E-state index contributed by atoms with van der Waals surface area (Å²) in [5.41, 5.74) is 4.16. The Balaban J connectivity index is 1.41. The van der Waals surface area contributed by atoms with E-state index in [1.807, 2.05) is 24.3 Å². The predicted molar refractivity (Wildman–Crippen MR) is 102 cm³/mol. The molecule has 4 rings (SSSR count). The van der Waals surface area contributed by atoms with E-state index in [1.165, 1.54) is 11.1 Å². The first kappa shape index (κ1) is 17.4. The molecule has 0 radical (unpaired) electrons. The highest BCUT2D eigenvalue weighted by atomic mass is 16.5. The van der Waals surface area contributed by atoms with Gasteiger partial charge in [-0.15, -0.1) is 0 Å². The molecule has 0 unspecified atom stereocenters. The van der Waals surface area contributed by atoms with E-state index in [1.54, 1.807) is 12.4 Å². The second-order valence-corrected chi connectivity index (χ2v) is 6.69. The molecule has 0 aliphatic carbocycles. The lowest BCUT2D eigenvalue weighted by Gasteiger charge is -2.35. The van der Waals surface area contributed by atoms with Gasteiger partial charge < -0.3 is 9.84 Å². The van der Waals surface area contributed by atoms with Crippen molar-refractivity contribution in [3.05, 3.63) is 71.7 Å². The van der Waals surface area contributed by atoms with Gasteiger partial charge in [0, 0.05) is 30.6 Å². The SMILES string of the molecule is CCN1Cc2ccccc2C[C@H]1C(=O)NCc1cc(-c2cccnc2)no1. The summed E-state index contributed by atoms with van der Waals surface area (Å²) >= 11 is 0. The van der Waals surface area contributed by atoms with E-state index < -0.39 is 0 Å². The summed E-state index contributed by atoms with van der Waals surface area (Å²) in [5.74, 6) is 0.646. The number of pyridine rings is 1. The fourth-order valence-corrected chi connectivity index (χ4v) is 3.51. The Labute approximate surface area is 158 Å². The van der Waals surface area contributed by atoms with Crippen molar-refractivity contribution in [1.29, 1.82) is 0 Å². The smallest absolute Gasteiger partial charge is 0.238 e. The minimum atomic E-state index is -0.161. The van der Waals surface area contributed by atoms with Crippen molar-refractivity contribution in [1.82, 2.24) is 20.4 Å². The van der Waals surface area contributed by atoms with Crippen molar-refractivity contribution >= 4 is 5.91 Å². The molecule has 0 saturated carbocycles. The maximum atomic E-state index is 12.8. The van der Waals surface area contributed by atoms with E-state index >= 15 is 0 Å². The van der Waals surface area contributed by atoms with E-state index in [-0.39, 0.29) is 11.9 Å². The van der Waals surface area contributed by atoms with Crippen molar-refractivity contribution in [2.75, 3.05) is 6.54 Å². The van der Waals surface area contributed by atoms with Crippen LogP contribution in [0.25, 0.3) is 11.3 Å². The standard InChI is InChI=1S/C21H22N4O2/c1-2-25-14-17-7-4-3-6-15(17)10-20(25)21(26)23-13-18-11-19(24-27-18)16-8-5-9-22-12-16/h3-9,11-12,20H,2,10,13-14H2,1H3,(H,23,26)/t20-/m0/s1. The number of aromatic nitrogens is 2. The normalized spacial score (nSPS) is 16.7. The third kappa shape index (κ3) is 3.75. The lowest BCUT2D eigenvalue weighted by Crippen LogP contribution is -2.49. The fourth-order valence-electron chi connectivity index (χ4n) is 3.51. The first-order chi connectivity index (χ1) is 13.2. The Morgan fingerprint density at radius 2 is 2.11 bits per heavy atom. The van der Waals surface area contributed by atoms with Gasteiger partial charge in [0.05, 0.1) is 12.6 Å². The Morgan fingerprint density at radius 3 is 2.89 bits per heavy atom. The molecule has 1 aromatic carbocycles. The number of rotatable bonds is 5. The third-order valence-electron chi connectivity index (χ3n) is 5.01. The number of hydrogen-bond acceptors (Lipinski definition) is 5. The number of hydrogen-bond donors (Lipinski definition) is 1. The van der Waals surface area contributed by atoms with Gasteiger partial charge in [-0.3, -0.25) is 14.7 Å². The molecule has 6 heteroatoms. The summed E-state index contributed by atoms with van der Waals surface area (Å²) < 4.78 is 5.36. The minimum Gasteiger partial charge on any atom is -0.359 e. The third-order valence-corrected chi connectivity index (χ3v) is 5.01. The second-order valence-electron chi connectivity index (χ2n) is 6.69. The lowest BCUT2D eigenvalue weighted by molar-refractivity contribution is -0.127. The highest BCUT2D eigenvalue weighted by Gasteiger charge is 2.30. The summed E-state index contributed by atoms with van der Waals surface area (Å²) in [7, 11) is 0. The average molecular weight is 362 g/mol. The van der Waals surface area contributed by atoms with Crippen LogP contribution in [-0.4, -0.2) is 33.5 Å². The van der Waals surface area contributed by atoms with Gasteiger partial charge in [0.15, 0.2) is 5.76 Å². The highest BCUT2D eigenvalue weighted by Crippen LogP contribution is 2.23. The first-order valence-corrected chi connectivity index (χ1v) is 9.19. The molecule has 138 valence electrons. The molecular weight excluding hydrogens is 340 g/mol. The molecular formula is C21H22N4O2. The zero-order chi connectivity index (χ0) is 18.6. The highest BCUT2D eigenvalue weighted by molar-refractivity contribution is 5.82. The average Bonchev–Trinajstić information content (AvgIpc) is 3.20. The van der Waals surface area contributed by atoms with Crippen LogP contribution in [0.3, 0.4) is 0 Å². The molecule has 1 amide bonds. The van der Waals surface area contributed by atoms with Gasteiger partial charge in [-0.1, -0.05) is 36.3 Å². The summed E-state index contributed by atoms with van der Waals surface area (Å²) in [5, 5.41) is 7.06. The summed E-state index contributed by atoms with van der Waals surface area (Å²) in [6, 6.07) is 13.8. The molecule has 0 spiro atoms. The Morgan fingerprint density at radius 1 is 1.26 bits per heavy atom. The second kappa shape index (κ2) is 7.72. The largest absolute Gasteiger partial charge is 0.359 e. The predicted octanol–water partition coefficient (Wildman–Crippen LogP) is 2.80. The minimum absolute atomic E-state index is 0.0191. The lowest BCUT2D eigenvalue weighted by atomic mass is 9.93. The maximum Gasteiger partial charge on any atom is 0.238 e. The van der Waals surface area contributed by atoms with Crippen LogP contribution < -0.4 is 5.32 Å². The molecule has 0 bridgehead atoms. The molecule has 3 aromatic rings. The van der Waals surface area contributed by atoms with Crippen molar-refractivity contribution in [2.45, 2.75) is 32.5 Å². The van der Waals surface area contributed by atoms with E-state index in [9.17, 15) is 4.79 Å². The van der Waals surface area contributed by atoms with Crippen molar-refractivity contribution in [3.63, 3.8) is 0 Å². The van der Waals surface area contributed by atoms with Crippen LogP contribution in [0.2, 0.25) is 0 Å². The number of fused-ring (bicyclic) bond motifs is 1. The zero-order valence-electron chi connectivity index (χ0n) is 15.3. The van der Waals surface area contributed by atoms with Gasteiger partial charge in [-0.2, -0.15) is 0 Å². The molecule has 3 heterocycles. The number of nitrogens with one attached hydrogen (secondary N) is 1. The number of benzene rings is 1. The van der Waals surface area contributed by atoms with Gasteiger partial charge >= 0.3 is 0 Å². The van der Waals surface area contributed by atoms with E-state index in [2.05, 4.69) is 45.5 Å². The van der Waals surface area contributed by atoms with Crippen LogP contribution in [0, 0.1) is 0 Å². The molecule has 0 saturated heterocycles. The van der Waals surface area contributed by atoms with E-state index in [0.29, 0.717) is 18.0 Å². The van der Waals surface area contributed by atoms with Gasteiger partial charge in [-0.05, 0) is 36.2 Å². The number of carbonyl (C=O) groups is 1. The summed E-state index contributed by atoms with van der Waals surface area (Å²) in [6.45, 7) is 4.05. The Kier molecular flexibility index (Phi) is 4.98. The quantitative estimate of drug-likeness (QED) is 0.756. The van der Waals surface area contributed by atoms with Crippen LogP contribution in [0.1, 0.15) is 23.8 Å². The zero-order valence-corrected chi connectivity index (χ0v) is 15.3. The maximum absolute atomic E-state index is 12.8. The summed E-state index contributed by atoms with van der Waals surface area (Å²) in [4.78, 5) is 19.1. The Bertz CT molecular complexity index is 923. The first-order valence-electron chi connectivity index (χ1n) is 9.19. The number of carbonyl (C=O) groups excluding carboxylic acids is 1. The van der Waals surface area contributed by atoms with Crippen LogP contribution in [-0.2, 0) is 24.3 Å². The molecule has 1 N–H and O–H groups in total. The van der Waals surface area contributed by atoms with Crippen molar-refractivity contribution in [2.24, 2.45) is 0 Å². The monoisotopic (exact) mass is 362 g/mol. The van der Waals surface area contributed by atoms with Gasteiger partial charge in [0.1, 0.15) is 5.69 Å². The van der Waals surface area contributed by atoms with E-state index in [0.717, 1.165) is 25.1 Å². The fraction of sp³-hybridized carbons (Fsp3) is 0.286. The van der Waals surface area contributed by atoms with E-state index in [4.69, 9.17) is 4.52 Å². The summed E-state index contributed by atoms with van der Waals surface area (Å²) in [6.07, 6.45) is 4.18. The van der Waals surface area contributed by atoms with Crippen LogP contribution in [0.5, 0.6) is 0 Å². The van der Waals surface area contributed by atoms with Crippen molar-refractivity contribution < 1.29 is 9.32 Å². The van der Waals surface area contributed by atoms with Gasteiger partial charge in [0.2, 0.25) is 5.91 Å². The molecule has 1 aliphatic heterocycles. The number of likely N-dealkylation sites (N-methyl/N-ethyl adjacent to an activating group) is 1. The topological polar surface area (TPSA) is 71.3 Å². The number of nitrogens with zero attached hydrogens (tertiary/aromatic N) is 3. The molecule has 27 heavy (non-hydrogen) atoms. The van der Waals surface area contributed by atoms with Crippen LogP contribution in [0.4, 0.5) is 0 Å². The molecule has 1 aliphatic rings. The molecule has 2 aromatic heterocycles. The van der Waals surface area contributed by atoms with Gasteiger partial charge in [0.25, 0.3) is 0 Å². The van der Waals surface area contributed by atoms with Crippen LogP contribution >= 0.6 is 0 Å². The molecule has 6 nitrogen and oxygen atoms in total. The molecule has 1 atom stereocenters. The van der Waals surface area contributed by atoms with Gasteiger partial charge in [-0.25, -0.2) is 0 Å². The van der Waals surface area contributed by atoms with Crippen molar-refractivity contribution in [3.8, 4) is 11.3 Å².